The van der Waals surface area contributed by atoms with Crippen molar-refractivity contribution in [1.29, 1.82) is 0 Å². The molecule has 0 spiro atoms. The summed E-state index contributed by atoms with van der Waals surface area (Å²) in [6.45, 7) is 5.32. The third kappa shape index (κ3) is 5.12. The summed E-state index contributed by atoms with van der Waals surface area (Å²) in [6, 6.07) is -0.555. The normalized spacial score (nSPS) is 25.7. The van der Waals surface area contributed by atoms with E-state index in [9.17, 15) is 18.0 Å². The van der Waals surface area contributed by atoms with E-state index in [-0.39, 0.29) is 13.0 Å². The zero-order valence-electron chi connectivity index (χ0n) is 10.7. The molecule has 0 saturated carbocycles. The Bertz CT molecular complexity index is 300. The lowest BCUT2D eigenvalue weighted by Crippen LogP contribution is -2.52. The molecule has 1 heterocycles. The Morgan fingerprint density at radius 2 is 1.89 bits per heavy atom. The summed E-state index contributed by atoms with van der Waals surface area (Å²) < 4.78 is 42.6. The molecule has 0 radical (unpaired) electrons. The third-order valence-corrected chi connectivity index (χ3v) is 2.53. The summed E-state index contributed by atoms with van der Waals surface area (Å²) in [5, 5.41) is 5.12. The molecular weight excluding hydrogens is 249 g/mol. The molecule has 1 aliphatic rings. The highest BCUT2D eigenvalue weighted by molar-refractivity contribution is 5.68. The van der Waals surface area contributed by atoms with E-state index in [0.717, 1.165) is 0 Å². The van der Waals surface area contributed by atoms with Gasteiger partial charge in [0.15, 0.2) is 0 Å². The van der Waals surface area contributed by atoms with E-state index in [0.29, 0.717) is 6.54 Å². The van der Waals surface area contributed by atoms with E-state index in [1.807, 2.05) is 0 Å². The molecule has 2 unspecified atom stereocenters. The van der Waals surface area contributed by atoms with Crippen molar-refractivity contribution < 1.29 is 22.7 Å². The third-order valence-electron chi connectivity index (χ3n) is 2.53. The number of halogens is 3. The van der Waals surface area contributed by atoms with Gasteiger partial charge in [-0.05, 0) is 27.2 Å². The van der Waals surface area contributed by atoms with Crippen molar-refractivity contribution in [2.75, 3.05) is 13.1 Å². The Hall–Kier alpha value is -0.980. The molecule has 18 heavy (non-hydrogen) atoms. The molecule has 0 aromatic heterocycles. The van der Waals surface area contributed by atoms with Gasteiger partial charge in [0.1, 0.15) is 5.60 Å². The van der Waals surface area contributed by atoms with E-state index >= 15 is 0 Å². The summed E-state index contributed by atoms with van der Waals surface area (Å²) >= 11 is 0. The Labute approximate surface area is 104 Å². The van der Waals surface area contributed by atoms with Gasteiger partial charge in [-0.25, -0.2) is 4.79 Å². The Morgan fingerprint density at radius 3 is 2.39 bits per heavy atom. The van der Waals surface area contributed by atoms with Crippen LogP contribution >= 0.6 is 0 Å². The van der Waals surface area contributed by atoms with E-state index in [1.54, 1.807) is 20.8 Å². The topological polar surface area (TPSA) is 50.4 Å². The zero-order valence-corrected chi connectivity index (χ0v) is 10.7. The molecule has 0 aromatic carbocycles. The van der Waals surface area contributed by atoms with Crippen LogP contribution in [0.1, 0.15) is 27.2 Å². The number of ether oxygens (including phenoxy) is 1. The molecule has 0 bridgehead atoms. The highest BCUT2D eigenvalue weighted by Crippen LogP contribution is 2.30. The van der Waals surface area contributed by atoms with E-state index in [1.165, 1.54) is 0 Å². The number of hydrogen-bond donors (Lipinski definition) is 2. The molecule has 1 fully saturated rings. The van der Waals surface area contributed by atoms with Crippen molar-refractivity contribution in [3.8, 4) is 0 Å². The Morgan fingerprint density at radius 1 is 1.28 bits per heavy atom. The number of nitrogens with one attached hydrogen (secondary N) is 2. The second-order valence-corrected chi connectivity index (χ2v) is 5.48. The number of alkyl halides is 3. The lowest BCUT2D eigenvalue weighted by atomic mass is 9.95. The minimum Gasteiger partial charge on any atom is -0.444 e. The number of hydrogen-bond acceptors (Lipinski definition) is 3. The second kappa shape index (κ2) is 5.34. The number of rotatable bonds is 1. The van der Waals surface area contributed by atoms with Gasteiger partial charge in [-0.3, -0.25) is 0 Å². The number of piperidine rings is 1. The lowest BCUT2D eigenvalue weighted by molar-refractivity contribution is -0.179. The molecule has 2 N–H and O–H groups in total. The molecule has 4 nitrogen and oxygen atoms in total. The predicted octanol–water partition coefficient (Wildman–Crippen LogP) is 2.05. The smallest absolute Gasteiger partial charge is 0.407 e. The minimum absolute atomic E-state index is 0.101. The molecule has 1 rings (SSSR count). The molecule has 7 heteroatoms. The van der Waals surface area contributed by atoms with Gasteiger partial charge in [0.25, 0.3) is 0 Å². The Kier molecular flexibility index (Phi) is 4.47. The van der Waals surface area contributed by atoms with Crippen LogP contribution in [-0.2, 0) is 4.74 Å². The predicted molar refractivity (Wildman–Crippen MR) is 60.2 cm³/mol. The molecule has 1 amide bonds. The standard InChI is InChI=1S/C11H19F3N2O2/c1-10(2,3)18-9(17)16-8-4-7(5-15-6-8)11(12,13)14/h7-8,15H,4-6H2,1-3H3,(H,16,17). The second-order valence-electron chi connectivity index (χ2n) is 5.48. The fourth-order valence-corrected chi connectivity index (χ4v) is 1.78. The highest BCUT2D eigenvalue weighted by Gasteiger charge is 2.42. The first-order valence-corrected chi connectivity index (χ1v) is 5.85. The van der Waals surface area contributed by atoms with Gasteiger partial charge in [0.05, 0.1) is 5.92 Å². The van der Waals surface area contributed by atoms with Crippen LogP contribution in [0.25, 0.3) is 0 Å². The van der Waals surface area contributed by atoms with Crippen LogP contribution in [0.15, 0.2) is 0 Å². The number of amides is 1. The molecule has 2 atom stereocenters. The van der Waals surface area contributed by atoms with Crippen molar-refractivity contribution in [2.45, 2.75) is 45.0 Å². The van der Waals surface area contributed by atoms with Gasteiger partial charge in [-0.15, -0.1) is 0 Å². The fraction of sp³-hybridized carbons (Fsp3) is 0.909. The largest absolute Gasteiger partial charge is 0.444 e. The number of alkyl carbamates (subject to hydrolysis) is 1. The molecule has 1 aliphatic heterocycles. The maximum Gasteiger partial charge on any atom is 0.407 e. The van der Waals surface area contributed by atoms with Crippen molar-refractivity contribution in [3.05, 3.63) is 0 Å². The van der Waals surface area contributed by atoms with E-state index in [4.69, 9.17) is 4.74 Å². The maximum absolute atomic E-state index is 12.5. The first kappa shape index (κ1) is 15.1. The highest BCUT2D eigenvalue weighted by atomic mass is 19.4. The van der Waals surface area contributed by atoms with Crippen LogP contribution in [0, 0.1) is 5.92 Å². The van der Waals surface area contributed by atoms with Gasteiger partial charge in [0, 0.05) is 19.1 Å². The maximum atomic E-state index is 12.5. The Balaban J connectivity index is 2.46. The quantitative estimate of drug-likeness (QED) is 0.765. The summed E-state index contributed by atoms with van der Waals surface area (Å²) in [5.41, 5.74) is -0.657. The SMILES string of the molecule is CC(C)(C)OC(=O)NC1CNCC(C(F)(F)F)C1. The minimum atomic E-state index is -4.23. The molecule has 0 aromatic rings. The summed E-state index contributed by atoms with van der Waals surface area (Å²) in [6.07, 6.45) is -5.03. The summed E-state index contributed by atoms with van der Waals surface area (Å²) in [7, 11) is 0. The van der Waals surface area contributed by atoms with Crippen LogP contribution < -0.4 is 10.6 Å². The monoisotopic (exact) mass is 268 g/mol. The lowest BCUT2D eigenvalue weighted by Gasteiger charge is -2.32. The van der Waals surface area contributed by atoms with E-state index in [2.05, 4.69) is 10.6 Å². The summed E-state index contributed by atoms with van der Waals surface area (Å²) in [5.74, 6) is -1.42. The van der Waals surface area contributed by atoms with Crippen LogP contribution in [0.3, 0.4) is 0 Å². The van der Waals surface area contributed by atoms with Gasteiger partial charge in [-0.2, -0.15) is 13.2 Å². The van der Waals surface area contributed by atoms with Gasteiger partial charge >= 0.3 is 12.3 Å². The average Bonchev–Trinajstić information content (AvgIpc) is 2.13. The molecule has 0 aliphatic carbocycles. The van der Waals surface area contributed by atoms with Crippen LogP contribution in [-0.4, -0.2) is 37.0 Å². The molecule has 1 saturated heterocycles. The zero-order chi connectivity index (χ0) is 14.0. The van der Waals surface area contributed by atoms with Crippen molar-refractivity contribution in [3.63, 3.8) is 0 Å². The number of carbonyl (C=O) groups excluding carboxylic acids is 1. The first-order chi connectivity index (χ1) is 8.08. The van der Waals surface area contributed by atoms with Crippen molar-refractivity contribution in [2.24, 2.45) is 5.92 Å². The van der Waals surface area contributed by atoms with Crippen LogP contribution in [0.5, 0.6) is 0 Å². The molecule has 106 valence electrons. The average molecular weight is 268 g/mol. The summed E-state index contributed by atoms with van der Waals surface area (Å²) in [4.78, 5) is 11.4. The van der Waals surface area contributed by atoms with Crippen LogP contribution in [0.2, 0.25) is 0 Å². The van der Waals surface area contributed by atoms with Crippen molar-refractivity contribution >= 4 is 6.09 Å². The molecular formula is C11H19F3N2O2. The van der Waals surface area contributed by atoms with Gasteiger partial charge < -0.3 is 15.4 Å². The van der Waals surface area contributed by atoms with Gasteiger partial charge in [-0.1, -0.05) is 0 Å². The number of carbonyl (C=O) groups is 1. The van der Waals surface area contributed by atoms with Crippen LogP contribution in [0.4, 0.5) is 18.0 Å². The first-order valence-electron chi connectivity index (χ1n) is 5.85. The van der Waals surface area contributed by atoms with Gasteiger partial charge in [0.2, 0.25) is 0 Å². The van der Waals surface area contributed by atoms with E-state index < -0.39 is 29.8 Å². The van der Waals surface area contributed by atoms with Crippen molar-refractivity contribution in [1.82, 2.24) is 10.6 Å². The fourth-order valence-electron chi connectivity index (χ4n) is 1.78.